The molecule has 1 saturated carbocycles. The molecule has 15 heteroatoms. The van der Waals surface area contributed by atoms with Crippen LogP contribution in [0.5, 0.6) is 0 Å². The van der Waals surface area contributed by atoms with Crippen LogP contribution >= 0.6 is 0 Å². The van der Waals surface area contributed by atoms with E-state index in [1.165, 1.54) is 0 Å². The van der Waals surface area contributed by atoms with Crippen molar-refractivity contribution in [3.63, 3.8) is 0 Å². The lowest BCUT2D eigenvalue weighted by atomic mass is 9.87. The molecule has 1 saturated heterocycles. The first-order valence-corrected chi connectivity index (χ1v) is 16.8. The molecule has 3 heterocycles. The number of alkyl halides is 6. The van der Waals surface area contributed by atoms with Crippen molar-refractivity contribution in [1.82, 2.24) is 19.4 Å². The topological polar surface area (TPSA) is 101 Å². The second-order valence-corrected chi connectivity index (χ2v) is 13.2. The molecule has 5 rings (SSSR count). The van der Waals surface area contributed by atoms with Crippen LogP contribution < -0.4 is 4.90 Å². The molecule has 0 spiro atoms. The van der Waals surface area contributed by atoms with Gasteiger partial charge in [0.15, 0.2) is 0 Å². The van der Waals surface area contributed by atoms with Crippen LogP contribution in [-0.4, -0.2) is 60.8 Å². The Morgan fingerprint density at radius 2 is 1.46 bits per heavy atom. The van der Waals surface area contributed by atoms with E-state index in [2.05, 4.69) is 9.97 Å². The number of amides is 1. The maximum absolute atomic E-state index is 13.8. The van der Waals surface area contributed by atoms with Crippen molar-refractivity contribution in [2.75, 3.05) is 4.90 Å². The SMILES string of the molecule is CC[C@@H]1CC(N(Cc2cc(C(F)(F)F)cc(C(F)(F)F)c2)c2ncc(-c3ccn(C)c3)cn2)C[C@H](CC)N1C(=O)OC1CCC(C(=O)O)CC1. The van der Waals surface area contributed by atoms with Gasteiger partial charge in [0.2, 0.25) is 5.95 Å². The summed E-state index contributed by atoms with van der Waals surface area (Å²) in [5, 5.41) is 9.32. The number of hydrogen-bond acceptors (Lipinski definition) is 6. The Kier molecular flexibility index (Phi) is 11.0. The fraction of sp³-hybridized carbons (Fsp3) is 0.543. The number of carboxylic acids is 1. The fourth-order valence-corrected chi connectivity index (χ4v) is 7.12. The highest BCUT2D eigenvalue weighted by molar-refractivity contribution is 5.70. The summed E-state index contributed by atoms with van der Waals surface area (Å²) in [4.78, 5) is 37.4. The molecule has 50 heavy (non-hydrogen) atoms. The highest BCUT2D eigenvalue weighted by atomic mass is 19.4. The third-order valence-electron chi connectivity index (χ3n) is 9.82. The molecule has 2 aliphatic rings. The van der Waals surface area contributed by atoms with Gasteiger partial charge in [-0.1, -0.05) is 13.8 Å². The number of carbonyl (C=O) groups is 2. The quantitative estimate of drug-likeness (QED) is 0.223. The van der Waals surface area contributed by atoms with Gasteiger partial charge >= 0.3 is 24.4 Å². The average molecular weight is 710 g/mol. The van der Waals surface area contributed by atoms with E-state index in [0.717, 1.165) is 17.7 Å². The van der Waals surface area contributed by atoms with Crippen molar-refractivity contribution < 1.29 is 45.8 Å². The molecule has 272 valence electrons. The zero-order chi connectivity index (χ0) is 36.4. The lowest BCUT2D eigenvalue weighted by Gasteiger charge is -2.47. The molecule has 0 bridgehead atoms. The van der Waals surface area contributed by atoms with E-state index in [4.69, 9.17) is 4.74 Å². The van der Waals surface area contributed by atoms with Crippen molar-refractivity contribution in [3.05, 3.63) is 65.7 Å². The van der Waals surface area contributed by atoms with E-state index in [1.54, 1.807) is 22.2 Å². The van der Waals surface area contributed by atoms with Gasteiger partial charge in [0.05, 0.1) is 17.0 Å². The van der Waals surface area contributed by atoms with Crippen LogP contribution in [0.2, 0.25) is 0 Å². The van der Waals surface area contributed by atoms with Gasteiger partial charge in [0.25, 0.3) is 0 Å². The van der Waals surface area contributed by atoms with Crippen LogP contribution in [0, 0.1) is 5.92 Å². The Bertz CT molecular complexity index is 1590. The van der Waals surface area contributed by atoms with Crippen molar-refractivity contribution >= 4 is 18.0 Å². The Labute approximate surface area is 286 Å². The van der Waals surface area contributed by atoms with Gasteiger partial charge in [-0.3, -0.25) is 4.79 Å². The molecule has 9 nitrogen and oxygen atoms in total. The van der Waals surface area contributed by atoms with E-state index in [-0.39, 0.29) is 36.2 Å². The summed E-state index contributed by atoms with van der Waals surface area (Å²) in [6.07, 6.45) is -0.704. The van der Waals surface area contributed by atoms with Crippen LogP contribution in [0.1, 0.15) is 81.9 Å². The number of aromatic nitrogens is 3. The summed E-state index contributed by atoms with van der Waals surface area (Å²) in [6.45, 7) is 3.46. The Morgan fingerprint density at radius 1 is 0.900 bits per heavy atom. The summed E-state index contributed by atoms with van der Waals surface area (Å²) in [5.41, 5.74) is -1.51. The average Bonchev–Trinajstić information content (AvgIpc) is 3.52. The van der Waals surface area contributed by atoms with Crippen LogP contribution in [0.4, 0.5) is 37.1 Å². The first-order valence-electron chi connectivity index (χ1n) is 16.8. The van der Waals surface area contributed by atoms with Gasteiger partial charge in [-0.25, -0.2) is 14.8 Å². The lowest BCUT2D eigenvalue weighted by Crippen LogP contribution is -2.57. The van der Waals surface area contributed by atoms with Crippen molar-refractivity contribution in [2.24, 2.45) is 13.0 Å². The first kappa shape index (κ1) is 37.0. The number of rotatable bonds is 9. The molecule has 3 aromatic rings. The Hall–Kier alpha value is -4.30. The summed E-state index contributed by atoms with van der Waals surface area (Å²) in [5.74, 6) is -1.19. The van der Waals surface area contributed by atoms with Gasteiger partial charge in [-0.05, 0) is 81.2 Å². The van der Waals surface area contributed by atoms with Crippen molar-refractivity contribution in [2.45, 2.75) is 108 Å². The minimum Gasteiger partial charge on any atom is -0.481 e. The molecule has 1 unspecified atom stereocenters. The molecule has 3 atom stereocenters. The fourth-order valence-electron chi connectivity index (χ4n) is 7.12. The molecule has 1 aliphatic carbocycles. The highest BCUT2D eigenvalue weighted by Gasteiger charge is 2.42. The third kappa shape index (κ3) is 8.52. The number of carboxylic acid groups (broad SMARTS) is 1. The molecule has 2 aromatic heterocycles. The monoisotopic (exact) mass is 709 g/mol. The number of hydrogen-bond donors (Lipinski definition) is 1. The highest BCUT2D eigenvalue weighted by Crippen LogP contribution is 2.39. The molecule has 1 amide bonds. The molecule has 1 N–H and O–H groups in total. The standard InChI is InChI=1S/C35H41F6N5O4/c1-4-27-15-29(16-28(5-2)46(27)33(49)50-30-8-6-22(7-9-30)31(47)48)45(32-42-17-24(18-43-32)23-10-11-44(3)20-23)19-21-12-25(34(36,37)38)14-26(13-21)35(39,40)41/h10-14,17-18,20,22,27-30H,4-9,15-16,19H2,1-3H3,(H,47,48)/t22?,27-,28+,29?,30?. The minimum atomic E-state index is -5.01. The molecule has 0 radical (unpaired) electrons. The third-order valence-corrected chi connectivity index (χ3v) is 9.82. The second-order valence-electron chi connectivity index (χ2n) is 13.2. The number of carbonyl (C=O) groups excluding carboxylic acids is 1. The van der Waals surface area contributed by atoms with Crippen molar-refractivity contribution in [1.29, 1.82) is 0 Å². The minimum absolute atomic E-state index is 0.109. The number of halogens is 6. The van der Waals surface area contributed by atoms with Crippen LogP contribution in [0.25, 0.3) is 11.1 Å². The summed E-state index contributed by atoms with van der Waals surface area (Å²) >= 11 is 0. The largest absolute Gasteiger partial charge is 0.481 e. The molecule has 1 aromatic carbocycles. The predicted molar refractivity (Wildman–Crippen MR) is 172 cm³/mol. The van der Waals surface area contributed by atoms with Gasteiger partial charge in [0, 0.05) is 67.6 Å². The zero-order valence-corrected chi connectivity index (χ0v) is 28.0. The second kappa shape index (κ2) is 14.9. The number of anilines is 1. The number of benzene rings is 1. The predicted octanol–water partition coefficient (Wildman–Crippen LogP) is 8.33. The summed E-state index contributed by atoms with van der Waals surface area (Å²) < 4.78 is 90.6. The first-order chi connectivity index (χ1) is 23.6. The number of aliphatic carboxylic acids is 1. The Morgan fingerprint density at radius 3 is 1.92 bits per heavy atom. The maximum Gasteiger partial charge on any atom is 0.416 e. The molecule has 2 fully saturated rings. The molecule has 1 aliphatic heterocycles. The van der Waals surface area contributed by atoms with Crippen molar-refractivity contribution in [3.8, 4) is 11.1 Å². The Balaban J connectivity index is 1.46. The normalized spacial score (nSPS) is 23.1. The van der Waals surface area contributed by atoms with E-state index in [0.29, 0.717) is 56.9 Å². The number of nitrogens with zero attached hydrogens (tertiary/aromatic N) is 5. The van der Waals surface area contributed by atoms with Crippen LogP contribution in [0.15, 0.2) is 49.1 Å². The molecular formula is C35H41F6N5O4. The zero-order valence-electron chi connectivity index (χ0n) is 28.0. The molecular weight excluding hydrogens is 668 g/mol. The van der Waals surface area contributed by atoms with Gasteiger partial charge in [-0.15, -0.1) is 0 Å². The summed E-state index contributed by atoms with van der Waals surface area (Å²) in [6, 6.07) is 2.24. The van der Waals surface area contributed by atoms with Crippen LogP contribution in [0.3, 0.4) is 0 Å². The summed E-state index contributed by atoms with van der Waals surface area (Å²) in [7, 11) is 1.85. The van der Waals surface area contributed by atoms with Crippen LogP contribution in [-0.2, 0) is 35.5 Å². The van der Waals surface area contributed by atoms with E-state index >= 15 is 0 Å². The maximum atomic E-state index is 13.8. The van der Waals surface area contributed by atoms with Gasteiger partial charge in [-0.2, -0.15) is 26.3 Å². The lowest BCUT2D eigenvalue weighted by molar-refractivity contribution is -0.144. The number of likely N-dealkylation sites (tertiary alicyclic amines) is 1. The van der Waals surface area contributed by atoms with E-state index < -0.39 is 53.6 Å². The number of ether oxygens (including phenoxy) is 1. The van der Waals surface area contributed by atoms with E-state index in [1.807, 2.05) is 43.9 Å². The van der Waals surface area contributed by atoms with E-state index in [9.17, 15) is 41.0 Å². The van der Waals surface area contributed by atoms with Gasteiger partial charge < -0.3 is 24.2 Å². The smallest absolute Gasteiger partial charge is 0.416 e. The van der Waals surface area contributed by atoms with Gasteiger partial charge in [0.1, 0.15) is 6.10 Å². The number of aryl methyl sites for hydroxylation is 1. The number of piperidine rings is 1.